The van der Waals surface area contributed by atoms with Crippen molar-refractivity contribution in [3.05, 3.63) is 30.1 Å². The Morgan fingerprint density at radius 3 is 2.45 bits per heavy atom. The normalized spacial score (nSPS) is 51.8. The molecule has 5 heterocycles. The molecule has 2 spiro atoms. The number of aliphatic hydroxyl groups is 3. The van der Waals surface area contributed by atoms with Crippen molar-refractivity contribution in [1.29, 1.82) is 0 Å². The Labute approximate surface area is 217 Å². The van der Waals surface area contributed by atoms with Gasteiger partial charge in [-0.25, -0.2) is 9.59 Å². The molecule has 5 unspecified atom stereocenters. The van der Waals surface area contributed by atoms with E-state index >= 15 is 0 Å². The summed E-state index contributed by atoms with van der Waals surface area (Å²) in [6.07, 6.45) is -7.52. The molecule has 12 nitrogen and oxygen atoms in total. The highest BCUT2D eigenvalue weighted by atomic mass is 16.8. The van der Waals surface area contributed by atoms with Crippen molar-refractivity contribution in [3.63, 3.8) is 0 Å². The van der Waals surface area contributed by atoms with Crippen LogP contribution in [0.3, 0.4) is 0 Å². The smallest absolute Gasteiger partial charge is 0.343 e. The fraction of sp³-hybridized carbons (Fsp3) is 0.692. The third kappa shape index (κ3) is 2.12. The second-order valence-corrected chi connectivity index (χ2v) is 12.4. The maximum absolute atomic E-state index is 13.8. The van der Waals surface area contributed by atoms with Crippen LogP contribution in [-0.4, -0.2) is 86.2 Å². The van der Waals surface area contributed by atoms with Crippen LogP contribution in [0.5, 0.6) is 0 Å². The summed E-state index contributed by atoms with van der Waals surface area (Å²) in [5.74, 6) is -4.87. The van der Waals surface area contributed by atoms with Gasteiger partial charge < -0.3 is 39.0 Å². The minimum Gasteiger partial charge on any atom is -0.456 e. The van der Waals surface area contributed by atoms with Crippen molar-refractivity contribution >= 4 is 17.9 Å². The molecular formula is C26H29NO11. The van der Waals surface area contributed by atoms with Gasteiger partial charge in [0.05, 0.1) is 35.2 Å². The molecule has 0 bridgehead atoms. The average molecular weight is 532 g/mol. The summed E-state index contributed by atoms with van der Waals surface area (Å²) in [6, 6.07) is 5.19. The van der Waals surface area contributed by atoms with E-state index in [2.05, 4.69) is 4.98 Å². The van der Waals surface area contributed by atoms with Crippen molar-refractivity contribution in [1.82, 2.24) is 4.98 Å². The highest BCUT2D eigenvalue weighted by Gasteiger charge is 3.05. The summed E-state index contributed by atoms with van der Waals surface area (Å²) in [5.41, 5.74) is -8.66. The fourth-order valence-corrected chi connectivity index (χ4v) is 9.10. The first kappa shape index (κ1) is 24.4. The molecule has 1 aromatic heterocycles. The molecule has 0 aromatic carbocycles. The molecule has 4 saturated heterocycles. The van der Waals surface area contributed by atoms with Crippen molar-refractivity contribution in [2.24, 2.45) is 28.1 Å². The molecule has 4 aliphatic heterocycles. The number of aromatic nitrogens is 1. The SMILES string of the molecule is C[C@@H]1C(=O)OC2C(O)C34[C@@H]5OC(=O)[C@]3(O[C@@H]3OC(=O)[C@H](OCc6ccccn6)C34C(C(C)(C)C)[C@H]5O)[C@]21O. The van der Waals surface area contributed by atoms with Gasteiger partial charge in [0.1, 0.15) is 12.2 Å². The number of hydrogen-bond donors (Lipinski definition) is 3. The summed E-state index contributed by atoms with van der Waals surface area (Å²) in [6.45, 7) is 6.76. The minimum absolute atomic E-state index is 0.125. The Kier molecular flexibility index (Phi) is 4.44. The van der Waals surface area contributed by atoms with E-state index in [0.29, 0.717) is 5.69 Å². The van der Waals surface area contributed by atoms with Gasteiger partial charge in [-0.3, -0.25) is 9.78 Å². The number of carbonyl (C=O) groups is 3. The number of hydrogen-bond acceptors (Lipinski definition) is 12. The fourth-order valence-electron chi connectivity index (χ4n) is 9.10. The quantitative estimate of drug-likeness (QED) is 0.329. The predicted molar refractivity (Wildman–Crippen MR) is 120 cm³/mol. The molecule has 3 N–H and O–H groups in total. The van der Waals surface area contributed by atoms with Gasteiger partial charge in [0.2, 0.25) is 11.9 Å². The molecule has 2 aliphatic carbocycles. The molecule has 12 atom stereocenters. The van der Waals surface area contributed by atoms with Crippen molar-refractivity contribution in [2.45, 2.75) is 82.3 Å². The maximum Gasteiger partial charge on any atom is 0.343 e. The van der Waals surface area contributed by atoms with Crippen LogP contribution in [0.15, 0.2) is 24.4 Å². The third-order valence-corrected chi connectivity index (χ3v) is 10.0. The van der Waals surface area contributed by atoms with Gasteiger partial charge in [-0.05, 0) is 24.5 Å². The number of aliphatic hydroxyl groups excluding tert-OH is 2. The highest BCUT2D eigenvalue weighted by molar-refractivity contribution is 5.94. The van der Waals surface area contributed by atoms with Crippen molar-refractivity contribution < 1.29 is 53.4 Å². The van der Waals surface area contributed by atoms with Crippen LogP contribution in [0.25, 0.3) is 0 Å². The Balaban J connectivity index is 1.50. The Morgan fingerprint density at radius 2 is 1.79 bits per heavy atom. The average Bonchev–Trinajstić information content (AvgIpc) is 3.55. The number of rotatable bonds is 3. The van der Waals surface area contributed by atoms with Gasteiger partial charge in [-0.2, -0.15) is 0 Å². The van der Waals surface area contributed by atoms with E-state index in [1.165, 1.54) is 6.92 Å². The van der Waals surface area contributed by atoms with Crippen molar-refractivity contribution in [3.8, 4) is 0 Å². The zero-order chi connectivity index (χ0) is 27.2. The van der Waals surface area contributed by atoms with Crippen LogP contribution in [0.1, 0.15) is 33.4 Å². The van der Waals surface area contributed by atoms with Gasteiger partial charge in [0, 0.05) is 12.1 Å². The van der Waals surface area contributed by atoms with Crippen LogP contribution in [-0.2, 0) is 44.7 Å². The van der Waals surface area contributed by atoms with E-state index in [1.807, 2.05) is 20.8 Å². The van der Waals surface area contributed by atoms with E-state index < -0.39 is 94.0 Å². The van der Waals surface area contributed by atoms with Gasteiger partial charge >= 0.3 is 17.9 Å². The zero-order valence-corrected chi connectivity index (χ0v) is 21.2. The number of nitrogens with zero attached hydrogens (tertiary/aromatic N) is 1. The second kappa shape index (κ2) is 6.92. The van der Waals surface area contributed by atoms with Crippen LogP contribution in [0.4, 0.5) is 0 Å². The van der Waals surface area contributed by atoms with Crippen LogP contribution in [0, 0.1) is 28.1 Å². The zero-order valence-electron chi connectivity index (χ0n) is 21.2. The number of esters is 3. The second-order valence-electron chi connectivity index (χ2n) is 12.4. The molecule has 6 aliphatic rings. The number of ether oxygens (including phenoxy) is 5. The molecule has 2 saturated carbocycles. The lowest BCUT2D eigenvalue weighted by Crippen LogP contribution is -2.67. The van der Waals surface area contributed by atoms with E-state index in [0.717, 1.165) is 0 Å². The Hall–Kier alpha value is -2.64. The van der Waals surface area contributed by atoms with Gasteiger partial charge in [0.15, 0.2) is 17.8 Å². The summed E-state index contributed by atoms with van der Waals surface area (Å²) < 4.78 is 29.4. The first-order chi connectivity index (χ1) is 17.8. The minimum atomic E-state index is -2.38. The molecule has 7 rings (SSSR count). The summed E-state index contributed by atoms with van der Waals surface area (Å²) in [5, 5.41) is 36.1. The maximum atomic E-state index is 13.8. The number of pyridine rings is 1. The molecular weight excluding hydrogens is 502 g/mol. The Bertz CT molecular complexity index is 1270. The Morgan fingerprint density at radius 1 is 1.05 bits per heavy atom. The lowest BCUT2D eigenvalue weighted by molar-refractivity contribution is -0.240. The summed E-state index contributed by atoms with van der Waals surface area (Å²) in [7, 11) is 0. The molecule has 0 amide bonds. The van der Waals surface area contributed by atoms with Gasteiger partial charge in [0.25, 0.3) is 0 Å². The number of carbonyl (C=O) groups excluding carboxylic acids is 3. The first-order valence-electron chi connectivity index (χ1n) is 12.7. The van der Waals surface area contributed by atoms with Crippen LogP contribution in [0.2, 0.25) is 0 Å². The summed E-state index contributed by atoms with van der Waals surface area (Å²) >= 11 is 0. The lowest BCUT2D eigenvalue weighted by Gasteiger charge is -2.48. The molecule has 12 heteroatoms. The number of fused-ring (bicyclic) bond motifs is 1. The topological polar surface area (TPSA) is 171 Å². The standard InChI is InChI=1S/C26H29NO11/c1-10-18(30)35-16-14(29)24-15-12(28)13(22(2,3)4)23(24)17(34-9-11-7-5-6-8-27-11)19(31)37-21(23)38-26(24,20(32)36-15)25(10,16)33/h5-8,10,12-17,21,28-29,33H,9H2,1-4H3/t10-,12-,13?,14?,15-,16?,17+,21+,23?,24?,25-,26-/m1/s1. The third-order valence-electron chi connectivity index (χ3n) is 10.0. The van der Waals surface area contributed by atoms with E-state index in [4.69, 9.17) is 23.7 Å². The predicted octanol–water partition coefficient (Wildman–Crippen LogP) is -0.779. The van der Waals surface area contributed by atoms with Gasteiger partial charge in [-0.1, -0.05) is 26.8 Å². The van der Waals surface area contributed by atoms with E-state index in [1.54, 1.807) is 24.4 Å². The molecule has 38 heavy (non-hydrogen) atoms. The highest BCUT2D eigenvalue weighted by Crippen LogP contribution is 2.84. The van der Waals surface area contributed by atoms with Crippen LogP contribution >= 0.6 is 0 Å². The first-order valence-corrected chi connectivity index (χ1v) is 12.7. The molecule has 1 aromatic rings. The van der Waals surface area contributed by atoms with E-state index in [9.17, 15) is 29.7 Å². The summed E-state index contributed by atoms with van der Waals surface area (Å²) in [4.78, 5) is 44.2. The monoisotopic (exact) mass is 531 g/mol. The largest absolute Gasteiger partial charge is 0.456 e. The van der Waals surface area contributed by atoms with Gasteiger partial charge in [-0.15, -0.1) is 0 Å². The molecule has 6 fully saturated rings. The van der Waals surface area contributed by atoms with Crippen LogP contribution < -0.4 is 0 Å². The molecule has 204 valence electrons. The molecule has 0 radical (unpaired) electrons. The van der Waals surface area contributed by atoms with E-state index in [-0.39, 0.29) is 6.61 Å². The van der Waals surface area contributed by atoms with Crippen molar-refractivity contribution in [2.75, 3.05) is 0 Å². The lowest BCUT2D eigenvalue weighted by atomic mass is 9.51.